The number of fused-ring (bicyclic) bond motifs is 1. The molecule has 1 N–H and O–H groups in total. The molecule has 3 aliphatic heterocycles. The summed E-state index contributed by atoms with van der Waals surface area (Å²) in [6.45, 7) is 2.30. The summed E-state index contributed by atoms with van der Waals surface area (Å²) in [5.41, 5.74) is 2.56. The largest absolute Gasteiger partial charge is 0.489 e. The smallest absolute Gasteiger partial charge is 0.255 e. The minimum absolute atomic E-state index is 0.0965. The van der Waals surface area contributed by atoms with E-state index in [1.807, 2.05) is 30.3 Å². The third-order valence-corrected chi connectivity index (χ3v) is 8.22. The lowest BCUT2D eigenvalue weighted by molar-refractivity contribution is -0.136. The Morgan fingerprint density at radius 3 is 2.64 bits per heavy atom. The number of carbonyl (C=O) groups excluding carboxylic acids is 3. The first kappa shape index (κ1) is 23.4. The summed E-state index contributed by atoms with van der Waals surface area (Å²) in [7, 11) is 0. The Balaban J connectivity index is 1.11. The number of nitrogens with one attached hydrogen (secondary N) is 1. The van der Waals surface area contributed by atoms with Crippen molar-refractivity contribution in [1.29, 1.82) is 0 Å². The fourth-order valence-electron chi connectivity index (χ4n) is 6.03. The van der Waals surface area contributed by atoms with E-state index in [-0.39, 0.29) is 24.3 Å². The first-order chi connectivity index (χ1) is 17.5. The molecular weight excluding hydrogens is 480 g/mol. The van der Waals surface area contributed by atoms with Crippen LogP contribution < -0.4 is 10.1 Å². The minimum atomic E-state index is -0.607. The minimum Gasteiger partial charge on any atom is -0.489 e. The molecule has 1 saturated carbocycles. The second-order valence-corrected chi connectivity index (χ2v) is 10.7. The Hall–Kier alpha value is -2.97. The van der Waals surface area contributed by atoms with E-state index in [4.69, 9.17) is 16.3 Å². The quantitative estimate of drug-likeness (QED) is 0.623. The summed E-state index contributed by atoms with van der Waals surface area (Å²) < 4.78 is 6.53. The van der Waals surface area contributed by atoms with Gasteiger partial charge < -0.3 is 9.64 Å². The van der Waals surface area contributed by atoms with Crippen molar-refractivity contribution < 1.29 is 19.1 Å². The SMILES string of the molecule is O=C1CCC(N2Cc3cc(O[C@H]4CCCCC4N4CC(c5ccc(Cl)cn5)C4)ccc3C2=O)C(=O)N1. The zero-order valence-electron chi connectivity index (χ0n) is 20.0. The van der Waals surface area contributed by atoms with Gasteiger partial charge in [-0.25, -0.2) is 0 Å². The summed E-state index contributed by atoms with van der Waals surface area (Å²) in [5.74, 6) is 0.352. The van der Waals surface area contributed by atoms with E-state index in [0.717, 1.165) is 49.4 Å². The molecule has 0 bridgehead atoms. The maximum Gasteiger partial charge on any atom is 0.255 e. The van der Waals surface area contributed by atoms with Gasteiger partial charge in [0.05, 0.1) is 5.02 Å². The van der Waals surface area contributed by atoms with Gasteiger partial charge in [-0.1, -0.05) is 18.0 Å². The second-order valence-electron chi connectivity index (χ2n) is 10.3. The zero-order valence-corrected chi connectivity index (χ0v) is 20.7. The van der Waals surface area contributed by atoms with Crippen LogP contribution in [0, 0.1) is 0 Å². The van der Waals surface area contributed by atoms with Crippen LogP contribution in [-0.2, 0) is 16.1 Å². The van der Waals surface area contributed by atoms with Crippen molar-refractivity contribution in [3.63, 3.8) is 0 Å². The predicted molar refractivity (Wildman–Crippen MR) is 133 cm³/mol. The molecule has 1 aliphatic carbocycles. The third-order valence-electron chi connectivity index (χ3n) is 8.00. The van der Waals surface area contributed by atoms with Gasteiger partial charge in [-0.3, -0.25) is 29.6 Å². The number of hydrogen-bond acceptors (Lipinski definition) is 6. The third kappa shape index (κ3) is 4.37. The summed E-state index contributed by atoms with van der Waals surface area (Å²) in [5, 5.41) is 3.01. The molecule has 1 aromatic heterocycles. The molecule has 188 valence electrons. The molecule has 3 fully saturated rings. The Morgan fingerprint density at radius 1 is 1.03 bits per heavy atom. The topological polar surface area (TPSA) is 91.8 Å². The summed E-state index contributed by atoms with van der Waals surface area (Å²) in [6.07, 6.45) is 6.88. The number of hydrogen-bond donors (Lipinski definition) is 1. The average Bonchev–Trinajstić information content (AvgIpc) is 3.16. The van der Waals surface area contributed by atoms with Crippen LogP contribution in [0.15, 0.2) is 36.5 Å². The van der Waals surface area contributed by atoms with E-state index in [2.05, 4.69) is 15.2 Å². The molecule has 0 radical (unpaired) electrons. The molecule has 4 heterocycles. The molecule has 2 unspecified atom stereocenters. The number of pyridine rings is 1. The van der Waals surface area contributed by atoms with Crippen molar-refractivity contribution in [2.75, 3.05) is 13.1 Å². The van der Waals surface area contributed by atoms with Crippen molar-refractivity contribution >= 4 is 29.3 Å². The Morgan fingerprint density at radius 2 is 1.86 bits per heavy atom. The monoisotopic (exact) mass is 508 g/mol. The number of likely N-dealkylation sites (tertiary alicyclic amines) is 1. The predicted octanol–water partition coefficient (Wildman–Crippen LogP) is 3.29. The van der Waals surface area contributed by atoms with Gasteiger partial charge in [0.25, 0.3) is 5.91 Å². The summed E-state index contributed by atoms with van der Waals surface area (Å²) in [4.78, 5) is 45.4. The molecule has 8 nitrogen and oxygen atoms in total. The van der Waals surface area contributed by atoms with Crippen LogP contribution in [-0.4, -0.2) is 63.8 Å². The average molecular weight is 509 g/mol. The van der Waals surface area contributed by atoms with Crippen molar-refractivity contribution in [1.82, 2.24) is 20.1 Å². The Bertz CT molecular complexity index is 1200. The highest BCUT2D eigenvalue weighted by Gasteiger charge is 2.41. The number of halogens is 1. The number of benzene rings is 1. The van der Waals surface area contributed by atoms with E-state index < -0.39 is 11.9 Å². The molecule has 9 heteroatoms. The lowest BCUT2D eigenvalue weighted by Crippen LogP contribution is -2.57. The molecule has 2 aromatic rings. The van der Waals surface area contributed by atoms with Gasteiger partial charge in [0, 0.05) is 55.5 Å². The zero-order chi connectivity index (χ0) is 24.8. The summed E-state index contributed by atoms with van der Waals surface area (Å²) in [6, 6.07) is 9.29. The van der Waals surface area contributed by atoms with Crippen molar-refractivity contribution in [2.24, 2.45) is 0 Å². The maximum absolute atomic E-state index is 13.0. The van der Waals surface area contributed by atoms with Gasteiger partial charge in [0.15, 0.2) is 0 Å². The van der Waals surface area contributed by atoms with Gasteiger partial charge in [-0.05, 0) is 61.6 Å². The van der Waals surface area contributed by atoms with Crippen molar-refractivity contribution in [3.05, 3.63) is 58.4 Å². The normalized spacial score (nSPS) is 27.0. The molecule has 2 saturated heterocycles. The van der Waals surface area contributed by atoms with Crippen LogP contribution in [0.1, 0.15) is 66.1 Å². The number of aromatic nitrogens is 1. The highest BCUT2D eigenvalue weighted by molar-refractivity contribution is 6.30. The number of nitrogens with zero attached hydrogens (tertiary/aromatic N) is 3. The lowest BCUT2D eigenvalue weighted by Gasteiger charge is -2.48. The van der Waals surface area contributed by atoms with Gasteiger partial charge in [-0.15, -0.1) is 0 Å². The van der Waals surface area contributed by atoms with Crippen LogP contribution in [0.5, 0.6) is 5.75 Å². The Labute approximate surface area is 214 Å². The molecule has 3 amide bonds. The molecule has 36 heavy (non-hydrogen) atoms. The van der Waals surface area contributed by atoms with Crippen LogP contribution in [0.2, 0.25) is 5.02 Å². The van der Waals surface area contributed by atoms with E-state index in [1.54, 1.807) is 11.1 Å². The molecule has 1 aromatic carbocycles. The van der Waals surface area contributed by atoms with E-state index in [1.165, 1.54) is 6.42 Å². The van der Waals surface area contributed by atoms with Crippen LogP contribution in [0.3, 0.4) is 0 Å². The standard InChI is InChI=1S/C27H29ClN4O4/c28-18-5-8-21(29-12-18)17-13-31(14-17)22-3-1-2-4-24(22)36-19-6-7-20-16(11-19)15-32(27(20)35)23-9-10-25(33)30-26(23)34/h5-8,11-12,17,22-24H,1-4,9-10,13-15H2,(H,30,33,34)/t22?,23?,24-/m0/s1. The first-order valence-electron chi connectivity index (χ1n) is 12.8. The highest BCUT2D eigenvalue weighted by atomic mass is 35.5. The number of piperidine rings is 1. The molecule has 3 atom stereocenters. The summed E-state index contributed by atoms with van der Waals surface area (Å²) >= 11 is 5.99. The van der Waals surface area contributed by atoms with Gasteiger partial charge in [0.2, 0.25) is 11.8 Å². The van der Waals surface area contributed by atoms with Crippen molar-refractivity contribution in [3.8, 4) is 5.75 Å². The van der Waals surface area contributed by atoms with Gasteiger partial charge >= 0.3 is 0 Å². The number of ether oxygens (including phenoxy) is 1. The molecule has 0 spiro atoms. The van der Waals surface area contributed by atoms with Gasteiger partial charge in [0.1, 0.15) is 17.9 Å². The number of rotatable bonds is 5. The molecule has 6 rings (SSSR count). The second kappa shape index (κ2) is 9.48. The Kier molecular flexibility index (Phi) is 6.17. The van der Waals surface area contributed by atoms with E-state index in [0.29, 0.717) is 35.5 Å². The maximum atomic E-state index is 13.0. The fraction of sp³-hybridized carbons (Fsp3) is 0.481. The number of carbonyl (C=O) groups is 3. The lowest BCUT2D eigenvalue weighted by atomic mass is 9.85. The molecule has 4 aliphatic rings. The number of imide groups is 1. The van der Waals surface area contributed by atoms with Crippen molar-refractivity contribution in [2.45, 2.75) is 69.2 Å². The molecular formula is C27H29ClN4O4. The van der Waals surface area contributed by atoms with Crippen LogP contribution in [0.4, 0.5) is 0 Å². The van der Waals surface area contributed by atoms with E-state index >= 15 is 0 Å². The van der Waals surface area contributed by atoms with E-state index in [9.17, 15) is 14.4 Å². The highest BCUT2D eigenvalue weighted by Crippen LogP contribution is 2.36. The number of amides is 3. The first-order valence-corrected chi connectivity index (χ1v) is 13.1. The fourth-order valence-corrected chi connectivity index (χ4v) is 6.14. The van der Waals surface area contributed by atoms with Gasteiger partial charge in [-0.2, -0.15) is 0 Å². The van der Waals surface area contributed by atoms with Crippen LogP contribution in [0.25, 0.3) is 0 Å². The van der Waals surface area contributed by atoms with Crippen LogP contribution >= 0.6 is 11.6 Å².